The Balaban J connectivity index is 1.20. The Hall–Kier alpha value is -3.74. The van der Waals surface area contributed by atoms with E-state index in [2.05, 4.69) is 15.6 Å². The summed E-state index contributed by atoms with van der Waals surface area (Å²) in [5, 5.41) is 6.47. The van der Waals surface area contributed by atoms with E-state index >= 15 is 0 Å². The van der Waals surface area contributed by atoms with Gasteiger partial charge < -0.3 is 15.5 Å². The van der Waals surface area contributed by atoms with Crippen LogP contribution in [-0.2, 0) is 11.2 Å². The molecule has 2 N–H and O–H groups in total. The molecule has 7 heteroatoms. The fourth-order valence-corrected chi connectivity index (χ4v) is 5.72. The maximum absolute atomic E-state index is 12.7. The number of amides is 2. The van der Waals surface area contributed by atoms with Crippen LogP contribution in [-0.4, -0.2) is 34.9 Å². The van der Waals surface area contributed by atoms with Gasteiger partial charge in [-0.05, 0) is 61.4 Å². The summed E-state index contributed by atoms with van der Waals surface area (Å²) >= 11 is 0. The second-order valence-corrected chi connectivity index (χ2v) is 9.67. The highest BCUT2D eigenvalue weighted by atomic mass is 16.2. The normalized spacial score (nSPS) is 22.7. The molecule has 0 saturated heterocycles. The zero-order chi connectivity index (χ0) is 23.2. The fourth-order valence-electron chi connectivity index (χ4n) is 5.72. The average Bonchev–Trinajstić information content (AvgIpc) is 3.46. The van der Waals surface area contributed by atoms with Crippen LogP contribution in [0.4, 0.5) is 17.3 Å². The third kappa shape index (κ3) is 3.71. The lowest BCUT2D eigenvalue weighted by Gasteiger charge is -2.22. The van der Waals surface area contributed by atoms with Crippen molar-refractivity contribution >= 4 is 29.1 Å². The van der Waals surface area contributed by atoms with E-state index in [9.17, 15) is 9.59 Å². The maximum atomic E-state index is 12.7. The molecule has 3 atom stereocenters. The minimum Gasteiger partial charge on any atom is -0.349 e. The molecule has 2 amide bonds. The van der Waals surface area contributed by atoms with Crippen molar-refractivity contribution in [3.05, 3.63) is 65.9 Å². The predicted molar refractivity (Wildman–Crippen MR) is 131 cm³/mol. The first kappa shape index (κ1) is 20.8. The van der Waals surface area contributed by atoms with Crippen molar-refractivity contribution in [2.24, 2.45) is 11.8 Å². The minimum atomic E-state index is -0.00391. The number of likely N-dealkylation sites (N-methyl/N-ethyl adjacent to an activating group) is 1. The molecule has 6 rings (SSSR count). The Bertz CT molecular complexity index is 1270. The fraction of sp³-hybridized carbons (Fsp3) is 0.333. The predicted octanol–water partition coefficient (Wildman–Crippen LogP) is 4.32. The van der Waals surface area contributed by atoms with Crippen LogP contribution in [0.25, 0.3) is 11.3 Å². The highest BCUT2D eigenvalue weighted by Gasteiger charge is 2.40. The monoisotopic (exact) mass is 453 g/mol. The molecule has 1 aromatic heterocycles. The number of hydrogen-bond donors (Lipinski definition) is 2. The number of nitrogens with one attached hydrogen (secondary N) is 2. The summed E-state index contributed by atoms with van der Waals surface area (Å²) in [5.41, 5.74) is 4.76. The summed E-state index contributed by atoms with van der Waals surface area (Å²) < 4.78 is 0. The standard InChI is InChI=1S/C27H27N5O2/c1-32-23-5-3-2-4-21(23)25-19(14-24(32)33)15-28-27(31-25)29-20-10-8-17(9-11-20)26(34)30-22-13-16-6-7-18(22)12-16/h2-5,8-11,15-16,18,22H,6-7,12-14H2,1H3,(H,30,34)(H,28,29,31)/t16?,18-,22-/m1/s1. The highest BCUT2D eigenvalue weighted by Crippen LogP contribution is 2.44. The molecule has 2 bridgehead atoms. The molecule has 34 heavy (non-hydrogen) atoms. The van der Waals surface area contributed by atoms with Gasteiger partial charge in [-0.1, -0.05) is 24.6 Å². The van der Waals surface area contributed by atoms with Crippen LogP contribution >= 0.6 is 0 Å². The number of aromatic nitrogens is 2. The Morgan fingerprint density at radius 2 is 1.88 bits per heavy atom. The first-order chi connectivity index (χ1) is 16.5. The average molecular weight is 454 g/mol. The van der Waals surface area contributed by atoms with Crippen molar-refractivity contribution in [2.75, 3.05) is 17.3 Å². The van der Waals surface area contributed by atoms with E-state index in [1.54, 1.807) is 18.1 Å². The van der Waals surface area contributed by atoms with Gasteiger partial charge >= 0.3 is 0 Å². The molecule has 2 aromatic carbocycles. The second-order valence-electron chi connectivity index (χ2n) is 9.67. The van der Waals surface area contributed by atoms with E-state index in [-0.39, 0.29) is 18.2 Å². The summed E-state index contributed by atoms with van der Waals surface area (Å²) in [6.45, 7) is 0. The number of hydrogen-bond acceptors (Lipinski definition) is 5. The smallest absolute Gasteiger partial charge is 0.251 e. The second kappa shape index (κ2) is 8.24. The van der Waals surface area contributed by atoms with Crippen molar-refractivity contribution < 1.29 is 9.59 Å². The largest absolute Gasteiger partial charge is 0.349 e. The van der Waals surface area contributed by atoms with Crippen LogP contribution < -0.4 is 15.5 Å². The van der Waals surface area contributed by atoms with E-state index in [0.717, 1.165) is 40.5 Å². The molecule has 0 radical (unpaired) electrons. The summed E-state index contributed by atoms with van der Waals surface area (Å²) in [6, 6.07) is 15.5. The van der Waals surface area contributed by atoms with Gasteiger partial charge in [0.05, 0.1) is 17.8 Å². The van der Waals surface area contributed by atoms with Crippen LogP contribution in [0.1, 0.15) is 41.6 Å². The molecule has 2 heterocycles. The van der Waals surface area contributed by atoms with Gasteiger partial charge in [-0.15, -0.1) is 0 Å². The number of carbonyl (C=O) groups excluding carboxylic acids is 2. The van der Waals surface area contributed by atoms with Gasteiger partial charge in [0.25, 0.3) is 5.91 Å². The van der Waals surface area contributed by atoms with Crippen molar-refractivity contribution in [2.45, 2.75) is 38.1 Å². The van der Waals surface area contributed by atoms with Gasteiger partial charge in [0.2, 0.25) is 11.9 Å². The van der Waals surface area contributed by atoms with Gasteiger partial charge in [0.1, 0.15) is 0 Å². The van der Waals surface area contributed by atoms with E-state index in [4.69, 9.17) is 4.98 Å². The lowest BCUT2D eigenvalue weighted by Crippen LogP contribution is -2.38. The molecule has 2 fully saturated rings. The molecule has 1 unspecified atom stereocenters. The Morgan fingerprint density at radius 1 is 1.06 bits per heavy atom. The van der Waals surface area contributed by atoms with Crippen LogP contribution in [0.15, 0.2) is 54.7 Å². The molecule has 7 nitrogen and oxygen atoms in total. The Morgan fingerprint density at radius 3 is 2.65 bits per heavy atom. The quantitative estimate of drug-likeness (QED) is 0.614. The molecule has 1 aliphatic heterocycles. The molecule has 3 aromatic rings. The first-order valence-corrected chi connectivity index (χ1v) is 11.9. The number of fused-ring (bicyclic) bond motifs is 5. The van der Waals surface area contributed by atoms with Crippen LogP contribution in [0.3, 0.4) is 0 Å². The molecule has 2 aliphatic carbocycles. The summed E-state index contributed by atoms with van der Waals surface area (Å²) in [6.07, 6.45) is 6.93. The van der Waals surface area contributed by atoms with E-state index < -0.39 is 0 Å². The van der Waals surface area contributed by atoms with Crippen molar-refractivity contribution in [1.29, 1.82) is 0 Å². The molecular formula is C27H27N5O2. The Kier molecular flexibility index (Phi) is 5.05. The third-order valence-corrected chi connectivity index (χ3v) is 7.56. The molecular weight excluding hydrogens is 426 g/mol. The van der Waals surface area contributed by atoms with Gasteiger partial charge in [-0.3, -0.25) is 9.59 Å². The number of benzene rings is 2. The number of para-hydroxylation sites is 1. The van der Waals surface area contributed by atoms with Crippen LogP contribution in [0.5, 0.6) is 0 Å². The number of rotatable bonds is 4. The zero-order valence-electron chi connectivity index (χ0n) is 19.1. The first-order valence-electron chi connectivity index (χ1n) is 11.9. The maximum Gasteiger partial charge on any atom is 0.251 e. The van der Waals surface area contributed by atoms with Gasteiger partial charge in [-0.2, -0.15) is 0 Å². The van der Waals surface area contributed by atoms with Crippen LogP contribution in [0.2, 0.25) is 0 Å². The lowest BCUT2D eigenvalue weighted by molar-refractivity contribution is -0.117. The van der Waals surface area contributed by atoms with Gasteiger partial charge in [0.15, 0.2) is 0 Å². The third-order valence-electron chi connectivity index (χ3n) is 7.56. The van der Waals surface area contributed by atoms with Crippen LogP contribution in [0, 0.1) is 11.8 Å². The molecule has 3 aliphatic rings. The molecule has 172 valence electrons. The summed E-state index contributed by atoms with van der Waals surface area (Å²) in [7, 11) is 1.79. The van der Waals surface area contributed by atoms with Gasteiger partial charge in [0, 0.05) is 41.7 Å². The lowest BCUT2D eigenvalue weighted by atomic mass is 9.95. The van der Waals surface area contributed by atoms with E-state index in [1.165, 1.54) is 19.3 Å². The number of carbonyl (C=O) groups is 2. The van der Waals surface area contributed by atoms with Crippen molar-refractivity contribution in [3.63, 3.8) is 0 Å². The summed E-state index contributed by atoms with van der Waals surface area (Å²) in [5.74, 6) is 1.91. The zero-order valence-corrected chi connectivity index (χ0v) is 19.1. The molecule has 2 saturated carbocycles. The van der Waals surface area contributed by atoms with Gasteiger partial charge in [-0.25, -0.2) is 9.97 Å². The Labute approximate surface area is 198 Å². The van der Waals surface area contributed by atoms with Crippen molar-refractivity contribution in [3.8, 4) is 11.3 Å². The van der Waals surface area contributed by atoms with E-state index in [0.29, 0.717) is 23.5 Å². The van der Waals surface area contributed by atoms with E-state index in [1.807, 2.05) is 48.5 Å². The highest BCUT2D eigenvalue weighted by molar-refractivity contribution is 6.01. The summed E-state index contributed by atoms with van der Waals surface area (Å²) in [4.78, 5) is 36.1. The number of anilines is 3. The molecule has 0 spiro atoms. The number of nitrogens with zero attached hydrogens (tertiary/aromatic N) is 3. The van der Waals surface area contributed by atoms with Crippen molar-refractivity contribution in [1.82, 2.24) is 15.3 Å². The topological polar surface area (TPSA) is 87.2 Å². The minimum absolute atomic E-state index is 0.00391. The SMILES string of the molecule is CN1C(=O)Cc2cnc(Nc3ccc(C(=O)N[C@@H]4CC5CC[C@@H]4C5)cc3)nc2-c2ccccc21.